The lowest BCUT2D eigenvalue weighted by Gasteiger charge is -2.10. The van der Waals surface area contributed by atoms with E-state index in [1.54, 1.807) is 48.5 Å². The SMILES string of the molecule is C=CC(=O)Nc1ccc(Oc2ccc(-c3ccc(Oc4ccc(NC(=O)C=C)cc4)cc3)cc2)cc1. The number of hydrogen-bond acceptors (Lipinski definition) is 4. The van der Waals surface area contributed by atoms with Gasteiger partial charge in [-0.05, 0) is 96.1 Å². The smallest absolute Gasteiger partial charge is 0.247 e. The molecule has 2 amide bonds. The van der Waals surface area contributed by atoms with Gasteiger partial charge in [-0.2, -0.15) is 0 Å². The zero-order valence-corrected chi connectivity index (χ0v) is 19.4. The number of hydrogen-bond donors (Lipinski definition) is 2. The summed E-state index contributed by atoms with van der Waals surface area (Å²) < 4.78 is 11.8. The average molecular weight is 477 g/mol. The summed E-state index contributed by atoms with van der Waals surface area (Å²) in [6.07, 6.45) is 2.44. The molecule has 4 aromatic rings. The van der Waals surface area contributed by atoms with Gasteiger partial charge in [0, 0.05) is 11.4 Å². The van der Waals surface area contributed by atoms with Crippen LogP contribution in [0, 0.1) is 0 Å². The van der Waals surface area contributed by atoms with Crippen LogP contribution in [-0.4, -0.2) is 11.8 Å². The Hall–Kier alpha value is -5.10. The Morgan fingerprint density at radius 2 is 0.778 bits per heavy atom. The number of anilines is 2. The molecule has 0 aliphatic carbocycles. The molecule has 0 radical (unpaired) electrons. The van der Waals surface area contributed by atoms with Crippen molar-refractivity contribution in [2.75, 3.05) is 10.6 Å². The normalized spacial score (nSPS) is 10.1. The van der Waals surface area contributed by atoms with Crippen molar-refractivity contribution in [2.24, 2.45) is 0 Å². The maximum absolute atomic E-state index is 11.4. The van der Waals surface area contributed by atoms with E-state index in [1.807, 2.05) is 48.5 Å². The van der Waals surface area contributed by atoms with Gasteiger partial charge in [0.1, 0.15) is 23.0 Å². The highest BCUT2D eigenvalue weighted by molar-refractivity contribution is 5.99. The van der Waals surface area contributed by atoms with Gasteiger partial charge in [0.05, 0.1) is 0 Å². The third kappa shape index (κ3) is 6.48. The largest absolute Gasteiger partial charge is 0.457 e. The summed E-state index contributed by atoms with van der Waals surface area (Å²) in [6, 6.07) is 29.8. The van der Waals surface area contributed by atoms with Gasteiger partial charge in [-0.25, -0.2) is 0 Å². The van der Waals surface area contributed by atoms with Gasteiger partial charge < -0.3 is 20.1 Å². The van der Waals surface area contributed by atoms with Crippen LogP contribution >= 0.6 is 0 Å². The predicted octanol–water partition coefficient (Wildman–Crippen LogP) is 7.19. The van der Waals surface area contributed by atoms with Crippen LogP contribution in [0.25, 0.3) is 11.1 Å². The van der Waals surface area contributed by atoms with Crippen molar-refractivity contribution < 1.29 is 19.1 Å². The van der Waals surface area contributed by atoms with Crippen molar-refractivity contribution in [2.45, 2.75) is 0 Å². The molecule has 0 saturated heterocycles. The molecule has 2 N–H and O–H groups in total. The van der Waals surface area contributed by atoms with Crippen LogP contribution in [-0.2, 0) is 9.59 Å². The fourth-order valence-electron chi connectivity index (χ4n) is 3.30. The van der Waals surface area contributed by atoms with E-state index in [4.69, 9.17) is 9.47 Å². The molecular weight excluding hydrogens is 452 g/mol. The number of ether oxygens (including phenoxy) is 2. The molecule has 4 rings (SSSR count). The van der Waals surface area contributed by atoms with Crippen LogP contribution in [0.15, 0.2) is 122 Å². The molecule has 0 aromatic heterocycles. The highest BCUT2D eigenvalue weighted by atomic mass is 16.5. The van der Waals surface area contributed by atoms with Gasteiger partial charge in [0.15, 0.2) is 0 Å². The molecule has 0 atom stereocenters. The highest BCUT2D eigenvalue weighted by Crippen LogP contribution is 2.29. The second-order valence-corrected chi connectivity index (χ2v) is 7.69. The second-order valence-electron chi connectivity index (χ2n) is 7.69. The first-order valence-electron chi connectivity index (χ1n) is 11.2. The first-order chi connectivity index (χ1) is 17.5. The fourth-order valence-corrected chi connectivity index (χ4v) is 3.30. The van der Waals surface area contributed by atoms with Crippen LogP contribution in [0.3, 0.4) is 0 Å². The molecule has 0 spiro atoms. The standard InChI is InChI=1S/C30H24N2O4/c1-3-29(33)31-23-9-17-27(18-10-23)35-25-13-5-21(6-14-25)22-7-15-26(16-8-22)36-28-19-11-24(12-20-28)32-30(34)4-2/h3-20H,1-2H2,(H,31,33)(H,32,34). The van der Waals surface area contributed by atoms with E-state index in [1.165, 1.54) is 12.2 Å². The molecule has 0 fully saturated rings. The summed E-state index contributed by atoms with van der Waals surface area (Å²) in [5, 5.41) is 5.40. The van der Waals surface area contributed by atoms with Crippen LogP contribution in [0.2, 0.25) is 0 Å². The molecule has 36 heavy (non-hydrogen) atoms. The Morgan fingerprint density at radius 1 is 0.500 bits per heavy atom. The maximum Gasteiger partial charge on any atom is 0.247 e. The van der Waals surface area contributed by atoms with Crippen LogP contribution in [0.5, 0.6) is 23.0 Å². The molecular formula is C30H24N2O4. The predicted molar refractivity (Wildman–Crippen MR) is 143 cm³/mol. The average Bonchev–Trinajstić information content (AvgIpc) is 2.91. The Morgan fingerprint density at radius 3 is 1.06 bits per heavy atom. The summed E-state index contributed by atoms with van der Waals surface area (Å²) >= 11 is 0. The van der Waals surface area contributed by atoms with E-state index < -0.39 is 0 Å². The first-order valence-corrected chi connectivity index (χ1v) is 11.2. The summed E-state index contributed by atoms with van der Waals surface area (Å²) in [7, 11) is 0. The number of benzene rings is 4. The van der Waals surface area contributed by atoms with Crippen molar-refractivity contribution in [3.8, 4) is 34.1 Å². The van der Waals surface area contributed by atoms with Crippen molar-refractivity contribution in [3.05, 3.63) is 122 Å². The fraction of sp³-hybridized carbons (Fsp3) is 0. The van der Waals surface area contributed by atoms with Crippen LogP contribution in [0.1, 0.15) is 0 Å². The molecule has 6 nitrogen and oxygen atoms in total. The van der Waals surface area contributed by atoms with E-state index in [0.29, 0.717) is 34.4 Å². The third-order valence-electron chi connectivity index (χ3n) is 5.13. The Bertz CT molecular complexity index is 1250. The highest BCUT2D eigenvalue weighted by Gasteiger charge is 2.04. The molecule has 0 aliphatic heterocycles. The Labute approximate surface area is 209 Å². The minimum atomic E-state index is -0.260. The zero-order valence-electron chi connectivity index (χ0n) is 19.4. The Kier molecular flexibility index (Phi) is 7.58. The topological polar surface area (TPSA) is 76.7 Å². The van der Waals surface area contributed by atoms with Gasteiger partial charge in [-0.1, -0.05) is 37.4 Å². The third-order valence-corrected chi connectivity index (χ3v) is 5.13. The molecule has 0 unspecified atom stereocenters. The molecule has 6 heteroatoms. The van der Waals surface area contributed by atoms with Gasteiger partial charge in [0.2, 0.25) is 11.8 Å². The van der Waals surface area contributed by atoms with Crippen LogP contribution in [0.4, 0.5) is 11.4 Å². The lowest BCUT2D eigenvalue weighted by molar-refractivity contribution is -0.112. The monoisotopic (exact) mass is 476 g/mol. The molecule has 0 bridgehead atoms. The van der Waals surface area contributed by atoms with Gasteiger partial charge >= 0.3 is 0 Å². The number of carbonyl (C=O) groups is 2. The lowest BCUT2D eigenvalue weighted by Crippen LogP contribution is -2.06. The maximum atomic E-state index is 11.4. The molecule has 0 saturated carbocycles. The van der Waals surface area contributed by atoms with Crippen molar-refractivity contribution in [1.82, 2.24) is 0 Å². The zero-order chi connectivity index (χ0) is 25.3. The van der Waals surface area contributed by atoms with E-state index in [2.05, 4.69) is 23.8 Å². The number of amides is 2. The lowest BCUT2D eigenvalue weighted by atomic mass is 10.1. The molecule has 0 heterocycles. The van der Waals surface area contributed by atoms with Crippen molar-refractivity contribution >= 4 is 23.2 Å². The molecule has 178 valence electrons. The summed E-state index contributed by atoms with van der Waals surface area (Å²) in [6.45, 7) is 6.87. The summed E-state index contributed by atoms with van der Waals surface area (Å²) in [4.78, 5) is 22.7. The summed E-state index contributed by atoms with van der Waals surface area (Å²) in [5.74, 6) is 2.21. The van der Waals surface area contributed by atoms with E-state index in [0.717, 1.165) is 11.1 Å². The van der Waals surface area contributed by atoms with E-state index >= 15 is 0 Å². The second kappa shape index (κ2) is 11.4. The van der Waals surface area contributed by atoms with Crippen molar-refractivity contribution in [3.63, 3.8) is 0 Å². The van der Waals surface area contributed by atoms with Gasteiger partial charge in [-0.15, -0.1) is 0 Å². The number of rotatable bonds is 9. The minimum Gasteiger partial charge on any atom is -0.457 e. The van der Waals surface area contributed by atoms with Gasteiger partial charge in [-0.3, -0.25) is 9.59 Å². The quantitative estimate of drug-likeness (QED) is 0.251. The Balaban J connectivity index is 1.34. The summed E-state index contributed by atoms with van der Waals surface area (Å²) in [5.41, 5.74) is 3.42. The number of nitrogens with one attached hydrogen (secondary N) is 2. The minimum absolute atomic E-state index is 0.260. The van der Waals surface area contributed by atoms with Gasteiger partial charge in [0.25, 0.3) is 0 Å². The van der Waals surface area contributed by atoms with E-state index in [9.17, 15) is 9.59 Å². The van der Waals surface area contributed by atoms with Crippen LogP contribution < -0.4 is 20.1 Å². The first kappa shape index (κ1) is 24.0. The number of carbonyl (C=O) groups excluding carboxylic acids is 2. The molecule has 4 aromatic carbocycles. The van der Waals surface area contributed by atoms with E-state index in [-0.39, 0.29) is 11.8 Å². The van der Waals surface area contributed by atoms with Crippen molar-refractivity contribution in [1.29, 1.82) is 0 Å². The molecule has 0 aliphatic rings.